The molecule has 0 radical (unpaired) electrons. The van der Waals surface area contributed by atoms with Crippen molar-refractivity contribution < 1.29 is 0 Å². The van der Waals surface area contributed by atoms with Crippen LogP contribution in [0.25, 0.3) is 0 Å². The Labute approximate surface area is 119 Å². The van der Waals surface area contributed by atoms with Gasteiger partial charge in [-0.15, -0.1) is 0 Å². The zero-order valence-electron chi connectivity index (χ0n) is 9.44. The minimum atomic E-state index is 0.427. The molecule has 0 saturated carbocycles. The van der Waals surface area contributed by atoms with Crippen molar-refractivity contribution in [2.45, 2.75) is 17.7 Å². The van der Waals surface area contributed by atoms with Crippen molar-refractivity contribution in [3.63, 3.8) is 0 Å². The molecule has 0 aliphatic rings. The van der Waals surface area contributed by atoms with E-state index < -0.39 is 0 Å². The lowest BCUT2D eigenvalue weighted by atomic mass is 10.0. The molecular formula is C15H14Br2. The van der Waals surface area contributed by atoms with E-state index in [9.17, 15) is 0 Å². The quantitative estimate of drug-likeness (QED) is 0.635. The van der Waals surface area contributed by atoms with E-state index in [0.717, 1.165) is 12.8 Å². The summed E-state index contributed by atoms with van der Waals surface area (Å²) in [5.74, 6) is 0. The fourth-order valence-electron chi connectivity index (χ4n) is 1.81. The van der Waals surface area contributed by atoms with Crippen LogP contribution in [0.4, 0.5) is 0 Å². The first kappa shape index (κ1) is 12.8. The third-order valence-corrected chi connectivity index (χ3v) is 4.55. The van der Waals surface area contributed by atoms with E-state index in [-0.39, 0.29) is 0 Å². The van der Waals surface area contributed by atoms with Crippen molar-refractivity contribution in [1.29, 1.82) is 0 Å². The van der Waals surface area contributed by atoms with Crippen LogP contribution in [-0.2, 0) is 6.42 Å². The van der Waals surface area contributed by atoms with Crippen molar-refractivity contribution in [3.05, 3.63) is 70.2 Å². The summed E-state index contributed by atoms with van der Waals surface area (Å²) in [4.78, 5) is 0.427. The van der Waals surface area contributed by atoms with Crippen molar-refractivity contribution >= 4 is 31.9 Å². The molecule has 17 heavy (non-hydrogen) atoms. The molecule has 1 atom stereocenters. The van der Waals surface area contributed by atoms with Gasteiger partial charge in [0.05, 0.1) is 0 Å². The lowest BCUT2D eigenvalue weighted by Crippen LogP contribution is -1.94. The summed E-state index contributed by atoms with van der Waals surface area (Å²) < 4.78 is 1.20. The van der Waals surface area contributed by atoms with Crippen LogP contribution in [0.15, 0.2) is 59.1 Å². The van der Waals surface area contributed by atoms with Crippen LogP contribution < -0.4 is 0 Å². The van der Waals surface area contributed by atoms with Crippen LogP contribution >= 0.6 is 31.9 Å². The van der Waals surface area contributed by atoms with Crippen LogP contribution in [0.2, 0.25) is 0 Å². The van der Waals surface area contributed by atoms with Crippen molar-refractivity contribution in [2.75, 3.05) is 0 Å². The molecule has 0 aliphatic heterocycles. The van der Waals surface area contributed by atoms with Crippen molar-refractivity contribution in [1.82, 2.24) is 0 Å². The van der Waals surface area contributed by atoms with Gasteiger partial charge in [0.15, 0.2) is 0 Å². The molecule has 1 unspecified atom stereocenters. The molecule has 2 aromatic carbocycles. The van der Waals surface area contributed by atoms with Gasteiger partial charge >= 0.3 is 0 Å². The first-order valence-electron chi connectivity index (χ1n) is 5.70. The minimum Gasteiger partial charge on any atom is -0.0839 e. The predicted octanol–water partition coefficient (Wildman–Crippen LogP) is 5.52. The van der Waals surface area contributed by atoms with Gasteiger partial charge in [0.1, 0.15) is 0 Å². The topological polar surface area (TPSA) is 0 Å². The summed E-state index contributed by atoms with van der Waals surface area (Å²) in [7, 11) is 0. The largest absolute Gasteiger partial charge is 0.0839 e. The predicted molar refractivity (Wildman–Crippen MR) is 80.6 cm³/mol. The Kier molecular flexibility index (Phi) is 4.81. The Hall–Kier alpha value is -0.600. The molecule has 0 spiro atoms. The van der Waals surface area contributed by atoms with Gasteiger partial charge in [-0.25, -0.2) is 0 Å². The van der Waals surface area contributed by atoms with Gasteiger partial charge in [-0.1, -0.05) is 80.4 Å². The lowest BCUT2D eigenvalue weighted by Gasteiger charge is -2.10. The van der Waals surface area contributed by atoms with Gasteiger partial charge in [-0.05, 0) is 30.0 Å². The Bertz CT molecular complexity index is 465. The van der Waals surface area contributed by atoms with E-state index >= 15 is 0 Å². The highest BCUT2D eigenvalue weighted by Gasteiger charge is 2.07. The zero-order chi connectivity index (χ0) is 12.1. The number of alkyl halides is 1. The Morgan fingerprint density at radius 3 is 2.24 bits per heavy atom. The number of benzene rings is 2. The van der Waals surface area contributed by atoms with E-state index in [1.54, 1.807) is 0 Å². The van der Waals surface area contributed by atoms with Gasteiger partial charge in [-0.3, -0.25) is 0 Å². The second-order valence-electron chi connectivity index (χ2n) is 4.01. The highest BCUT2D eigenvalue weighted by atomic mass is 79.9. The summed E-state index contributed by atoms with van der Waals surface area (Å²) >= 11 is 7.34. The molecule has 0 amide bonds. The van der Waals surface area contributed by atoms with Crippen molar-refractivity contribution in [3.8, 4) is 0 Å². The fraction of sp³-hybridized carbons (Fsp3) is 0.200. The molecular weight excluding hydrogens is 340 g/mol. The van der Waals surface area contributed by atoms with Crippen molar-refractivity contribution in [2.24, 2.45) is 0 Å². The molecule has 0 fully saturated rings. The molecule has 0 bridgehead atoms. The average Bonchev–Trinajstić information content (AvgIpc) is 2.38. The highest BCUT2D eigenvalue weighted by Crippen LogP contribution is 2.29. The van der Waals surface area contributed by atoms with Crippen LogP contribution in [0.3, 0.4) is 0 Å². The molecule has 0 heterocycles. The van der Waals surface area contributed by atoms with Gasteiger partial charge in [-0.2, -0.15) is 0 Å². The number of rotatable bonds is 4. The molecule has 0 aromatic heterocycles. The maximum Gasteiger partial charge on any atom is 0.0398 e. The second kappa shape index (κ2) is 6.36. The summed E-state index contributed by atoms with van der Waals surface area (Å²) in [5.41, 5.74) is 2.72. The monoisotopic (exact) mass is 352 g/mol. The van der Waals surface area contributed by atoms with Gasteiger partial charge in [0, 0.05) is 9.30 Å². The molecule has 2 rings (SSSR count). The normalized spacial score (nSPS) is 12.4. The van der Waals surface area contributed by atoms with Crippen LogP contribution in [0, 0.1) is 0 Å². The Morgan fingerprint density at radius 2 is 1.53 bits per heavy atom. The number of halogens is 2. The number of aryl methyl sites for hydroxylation is 1. The van der Waals surface area contributed by atoms with Crippen LogP contribution in [0.1, 0.15) is 22.4 Å². The first-order chi connectivity index (χ1) is 8.27. The molecule has 0 aliphatic carbocycles. The lowest BCUT2D eigenvalue weighted by molar-refractivity contribution is 0.811. The zero-order valence-corrected chi connectivity index (χ0v) is 12.6. The molecule has 2 aromatic rings. The third-order valence-electron chi connectivity index (χ3n) is 2.79. The second-order valence-corrected chi connectivity index (χ2v) is 5.97. The maximum atomic E-state index is 3.75. The van der Waals surface area contributed by atoms with Crippen LogP contribution in [-0.4, -0.2) is 0 Å². The van der Waals surface area contributed by atoms with Gasteiger partial charge in [0.2, 0.25) is 0 Å². The van der Waals surface area contributed by atoms with E-state index in [0.29, 0.717) is 4.83 Å². The number of hydrogen-bond donors (Lipinski definition) is 0. The average molecular weight is 354 g/mol. The van der Waals surface area contributed by atoms with E-state index in [1.807, 2.05) is 0 Å². The standard InChI is InChI=1S/C15H14Br2/c16-14-9-5-4-8-13(14)10-11-15(17)12-6-2-1-3-7-12/h1-9,15H,10-11H2. The first-order valence-corrected chi connectivity index (χ1v) is 7.40. The van der Waals surface area contributed by atoms with Gasteiger partial charge < -0.3 is 0 Å². The fourth-order valence-corrected chi connectivity index (χ4v) is 2.83. The Morgan fingerprint density at radius 1 is 0.882 bits per heavy atom. The summed E-state index contributed by atoms with van der Waals surface area (Å²) in [5, 5.41) is 0. The number of hydrogen-bond acceptors (Lipinski definition) is 0. The summed E-state index contributed by atoms with van der Waals surface area (Å²) in [6, 6.07) is 19.0. The molecule has 0 nitrogen and oxygen atoms in total. The molecule has 0 saturated heterocycles. The molecule has 88 valence electrons. The Balaban J connectivity index is 1.97. The third kappa shape index (κ3) is 3.68. The van der Waals surface area contributed by atoms with E-state index in [2.05, 4.69) is 86.5 Å². The van der Waals surface area contributed by atoms with E-state index in [4.69, 9.17) is 0 Å². The summed E-state index contributed by atoms with van der Waals surface area (Å²) in [6.45, 7) is 0. The molecule has 0 N–H and O–H groups in total. The smallest absolute Gasteiger partial charge is 0.0398 e. The van der Waals surface area contributed by atoms with E-state index in [1.165, 1.54) is 15.6 Å². The maximum absolute atomic E-state index is 3.75. The van der Waals surface area contributed by atoms with Gasteiger partial charge in [0.25, 0.3) is 0 Å². The molecule has 2 heteroatoms. The summed E-state index contributed by atoms with van der Waals surface area (Å²) in [6.07, 6.45) is 2.18. The van der Waals surface area contributed by atoms with Crippen LogP contribution in [0.5, 0.6) is 0 Å². The minimum absolute atomic E-state index is 0.427. The SMILES string of the molecule is Brc1ccccc1CCC(Br)c1ccccc1. The highest BCUT2D eigenvalue weighted by molar-refractivity contribution is 9.10.